The van der Waals surface area contributed by atoms with Crippen LogP contribution in [0.3, 0.4) is 0 Å². The lowest BCUT2D eigenvalue weighted by Crippen LogP contribution is -2.34. The molecule has 2 nitrogen and oxygen atoms in total. The number of ether oxygens (including phenoxy) is 2. The molecule has 0 aromatic heterocycles. The summed E-state index contributed by atoms with van der Waals surface area (Å²) < 4.78 is 12.1. The van der Waals surface area contributed by atoms with Crippen molar-refractivity contribution in [3.63, 3.8) is 0 Å². The molecule has 1 aliphatic heterocycles. The molecule has 0 radical (unpaired) electrons. The topological polar surface area (TPSA) is 18.5 Å². The molecule has 96 valence electrons. The van der Waals surface area contributed by atoms with Crippen molar-refractivity contribution in [2.24, 2.45) is 0 Å². The number of benzene rings is 2. The van der Waals surface area contributed by atoms with Crippen LogP contribution in [-0.4, -0.2) is 13.2 Å². The summed E-state index contributed by atoms with van der Waals surface area (Å²) in [7, 11) is 0. The van der Waals surface area contributed by atoms with Gasteiger partial charge in [0, 0.05) is 11.1 Å². The van der Waals surface area contributed by atoms with E-state index in [-0.39, 0.29) is 0 Å². The van der Waals surface area contributed by atoms with E-state index in [4.69, 9.17) is 9.47 Å². The molecule has 0 saturated heterocycles. The second-order valence-electron chi connectivity index (χ2n) is 4.44. The summed E-state index contributed by atoms with van der Waals surface area (Å²) >= 11 is 0. The first-order valence-corrected chi connectivity index (χ1v) is 6.46. The van der Waals surface area contributed by atoms with Crippen molar-refractivity contribution in [2.45, 2.75) is 5.79 Å². The molecule has 0 fully saturated rings. The Morgan fingerprint density at radius 3 is 1.47 bits per heavy atom. The predicted molar refractivity (Wildman–Crippen MR) is 74.7 cm³/mol. The van der Waals surface area contributed by atoms with Crippen LogP contribution in [0.15, 0.2) is 72.8 Å². The van der Waals surface area contributed by atoms with Gasteiger partial charge in [-0.3, -0.25) is 0 Å². The van der Waals surface area contributed by atoms with Gasteiger partial charge in [-0.2, -0.15) is 0 Å². The molecule has 0 aliphatic carbocycles. The summed E-state index contributed by atoms with van der Waals surface area (Å²) in [5.74, 6) is -0.813. The monoisotopic (exact) mass is 252 g/mol. The van der Waals surface area contributed by atoms with Crippen LogP contribution in [0.5, 0.6) is 0 Å². The smallest absolute Gasteiger partial charge is 0.222 e. The van der Waals surface area contributed by atoms with Crippen molar-refractivity contribution in [1.82, 2.24) is 0 Å². The molecule has 3 rings (SSSR count). The van der Waals surface area contributed by atoms with Gasteiger partial charge in [-0.1, -0.05) is 72.8 Å². The van der Waals surface area contributed by atoms with Crippen LogP contribution in [-0.2, 0) is 15.3 Å². The first-order valence-electron chi connectivity index (χ1n) is 6.46. The number of hydrogen-bond acceptors (Lipinski definition) is 2. The van der Waals surface area contributed by atoms with Gasteiger partial charge < -0.3 is 9.47 Å². The molecular formula is C17H16O2. The minimum absolute atomic E-state index is 0.545. The fourth-order valence-corrected chi connectivity index (χ4v) is 2.32. The van der Waals surface area contributed by atoms with Gasteiger partial charge in [-0.15, -0.1) is 0 Å². The van der Waals surface area contributed by atoms with E-state index < -0.39 is 5.79 Å². The Hall–Kier alpha value is -1.90. The summed E-state index contributed by atoms with van der Waals surface area (Å²) in [5.41, 5.74) is 2.04. The Kier molecular flexibility index (Phi) is 3.45. The van der Waals surface area contributed by atoms with Gasteiger partial charge >= 0.3 is 0 Å². The first kappa shape index (κ1) is 12.2. The second-order valence-corrected chi connectivity index (χ2v) is 4.44. The minimum atomic E-state index is -0.813. The van der Waals surface area contributed by atoms with Crippen molar-refractivity contribution in [3.8, 4) is 0 Å². The largest absolute Gasteiger partial charge is 0.338 e. The minimum Gasteiger partial charge on any atom is -0.338 e. The average molecular weight is 252 g/mol. The van der Waals surface area contributed by atoms with Gasteiger partial charge in [-0.25, -0.2) is 0 Å². The standard InChI is InChI=1S/C17H16O2/c1-3-9-15(10-4-1)17(16-11-5-2-6-12-16)18-13-7-8-14-19-17/h1-12H,13-14H2. The zero-order valence-electron chi connectivity index (χ0n) is 10.7. The van der Waals surface area contributed by atoms with E-state index in [1.807, 2.05) is 72.8 Å². The van der Waals surface area contributed by atoms with E-state index in [2.05, 4.69) is 0 Å². The van der Waals surface area contributed by atoms with Crippen molar-refractivity contribution >= 4 is 0 Å². The normalized spacial score (nSPS) is 17.9. The third-order valence-corrected chi connectivity index (χ3v) is 3.24. The SMILES string of the molecule is C1=CCOC(c2ccccc2)(c2ccccc2)OC1. The van der Waals surface area contributed by atoms with Crippen LogP contribution in [0.25, 0.3) is 0 Å². The van der Waals surface area contributed by atoms with Crippen molar-refractivity contribution in [3.05, 3.63) is 83.9 Å². The lowest BCUT2D eigenvalue weighted by molar-refractivity contribution is -0.200. The maximum absolute atomic E-state index is 6.05. The van der Waals surface area contributed by atoms with Gasteiger partial charge in [0.25, 0.3) is 0 Å². The zero-order chi connectivity index (χ0) is 13.0. The molecule has 0 N–H and O–H groups in total. The maximum atomic E-state index is 6.05. The molecule has 1 aliphatic rings. The summed E-state index contributed by atoms with van der Waals surface area (Å²) in [6, 6.07) is 20.2. The van der Waals surface area contributed by atoms with Crippen molar-refractivity contribution in [1.29, 1.82) is 0 Å². The predicted octanol–water partition coefficient (Wildman–Crippen LogP) is 3.49. The lowest BCUT2D eigenvalue weighted by atomic mass is 9.97. The highest BCUT2D eigenvalue weighted by Gasteiger charge is 2.36. The third-order valence-electron chi connectivity index (χ3n) is 3.24. The molecule has 0 spiro atoms. The van der Waals surface area contributed by atoms with E-state index >= 15 is 0 Å². The van der Waals surface area contributed by atoms with Gasteiger partial charge in [0.15, 0.2) is 0 Å². The van der Waals surface area contributed by atoms with Crippen LogP contribution in [0, 0.1) is 0 Å². The van der Waals surface area contributed by atoms with E-state index in [0.717, 1.165) is 11.1 Å². The Bertz CT molecular complexity index is 494. The summed E-state index contributed by atoms with van der Waals surface area (Å²) in [6.45, 7) is 1.09. The molecular weight excluding hydrogens is 236 g/mol. The van der Waals surface area contributed by atoms with Crippen LogP contribution in [0.4, 0.5) is 0 Å². The van der Waals surface area contributed by atoms with Crippen LogP contribution in [0.2, 0.25) is 0 Å². The molecule has 0 atom stereocenters. The Balaban J connectivity index is 2.10. The lowest BCUT2D eigenvalue weighted by Gasteiger charge is -2.33. The second kappa shape index (κ2) is 5.39. The number of hydrogen-bond donors (Lipinski definition) is 0. The fourth-order valence-electron chi connectivity index (χ4n) is 2.32. The summed E-state index contributed by atoms with van der Waals surface area (Å²) in [5, 5.41) is 0. The van der Waals surface area contributed by atoms with Crippen LogP contribution < -0.4 is 0 Å². The fraction of sp³-hybridized carbons (Fsp3) is 0.176. The zero-order valence-corrected chi connectivity index (χ0v) is 10.7. The van der Waals surface area contributed by atoms with Gasteiger partial charge in [0.1, 0.15) is 0 Å². The summed E-state index contributed by atoms with van der Waals surface area (Å²) in [4.78, 5) is 0. The molecule has 0 bridgehead atoms. The Labute approximate surface area is 113 Å². The molecule has 0 saturated carbocycles. The van der Waals surface area contributed by atoms with E-state index in [1.165, 1.54) is 0 Å². The van der Waals surface area contributed by atoms with Crippen LogP contribution >= 0.6 is 0 Å². The quantitative estimate of drug-likeness (QED) is 0.762. The van der Waals surface area contributed by atoms with E-state index in [0.29, 0.717) is 13.2 Å². The van der Waals surface area contributed by atoms with E-state index in [9.17, 15) is 0 Å². The van der Waals surface area contributed by atoms with Crippen LogP contribution in [0.1, 0.15) is 11.1 Å². The molecule has 1 heterocycles. The Morgan fingerprint density at radius 2 is 1.05 bits per heavy atom. The average Bonchev–Trinajstić information content (AvgIpc) is 2.76. The molecule has 0 unspecified atom stereocenters. The highest BCUT2D eigenvalue weighted by atomic mass is 16.7. The van der Waals surface area contributed by atoms with Gasteiger partial charge in [0.2, 0.25) is 5.79 Å². The van der Waals surface area contributed by atoms with Crippen molar-refractivity contribution in [2.75, 3.05) is 13.2 Å². The molecule has 2 aromatic carbocycles. The first-order chi connectivity index (χ1) is 9.42. The van der Waals surface area contributed by atoms with Gasteiger partial charge in [0.05, 0.1) is 13.2 Å². The molecule has 2 heteroatoms. The van der Waals surface area contributed by atoms with Gasteiger partial charge in [-0.05, 0) is 0 Å². The molecule has 2 aromatic rings. The summed E-state index contributed by atoms with van der Waals surface area (Å²) in [6.07, 6.45) is 3.99. The maximum Gasteiger partial charge on any atom is 0.222 e. The molecule has 19 heavy (non-hydrogen) atoms. The highest BCUT2D eigenvalue weighted by molar-refractivity contribution is 5.34. The molecule has 0 amide bonds. The third kappa shape index (κ3) is 2.33. The highest BCUT2D eigenvalue weighted by Crippen LogP contribution is 2.35. The van der Waals surface area contributed by atoms with Crippen molar-refractivity contribution < 1.29 is 9.47 Å². The van der Waals surface area contributed by atoms with E-state index in [1.54, 1.807) is 0 Å². The number of rotatable bonds is 2. The Morgan fingerprint density at radius 1 is 0.632 bits per heavy atom.